The summed E-state index contributed by atoms with van der Waals surface area (Å²) in [5, 5.41) is 6.48. The van der Waals surface area contributed by atoms with E-state index in [1.165, 1.54) is 16.2 Å². The van der Waals surface area contributed by atoms with Crippen LogP contribution in [0.15, 0.2) is 5.38 Å². The number of nitrogens with zero attached hydrogens (tertiary/aromatic N) is 2. The summed E-state index contributed by atoms with van der Waals surface area (Å²) >= 11 is 3.06. The Morgan fingerprint density at radius 3 is 2.71 bits per heavy atom. The number of carbonyl (C=O) groups is 1. The van der Waals surface area contributed by atoms with Gasteiger partial charge in [-0.15, -0.1) is 22.7 Å². The molecule has 0 saturated carbocycles. The van der Waals surface area contributed by atoms with Crippen LogP contribution in [0, 0.1) is 13.8 Å². The molecule has 0 fully saturated rings. The van der Waals surface area contributed by atoms with E-state index in [0.717, 1.165) is 22.8 Å². The number of nitrogens with one attached hydrogen (secondary N) is 1. The summed E-state index contributed by atoms with van der Waals surface area (Å²) in [6, 6.07) is -0.00426. The maximum atomic E-state index is 12.1. The number of hydrogen-bond acceptors (Lipinski definition) is 6. The number of rotatable bonds is 6. The molecule has 2 aromatic heterocycles. The Morgan fingerprint density at radius 1 is 1.43 bits per heavy atom. The molecule has 1 amide bonds. The van der Waals surface area contributed by atoms with E-state index < -0.39 is 0 Å². The molecule has 21 heavy (non-hydrogen) atoms. The van der Waals surface area contributed by atoms with Gasteiger partial charge in [-0.3, -0.25) is 4.79 Å². The van der Waals surface area contributed by atoms with Crippen LogP contribution < -0.4 is 11.1 Å². The van der Waals surface area contributed by atoms with Gasteiger partial charge in [0.15, 0.2) is 5.13 Å². The first kappa shape index (κ1) is 15.9. The van der Waals surface area contributed by atoms with Crippen molar-refractivity contribution in [3.05, 3.63) is 26.7 Å². The van der Waals surface area contributed by atoms with Gasteiger partial charge in [0.1, 0.15) is 5.01 Å². The third kappa shape index (κ3) is 4.25. The largest absolute Gasteiger partial charge is 0.375 e. The molecule has 0 saturated heterocycles. The van der Waals surface area contributed by atoms with E-state index >= 15 is 0 Å². The number of carbonyl (C=O) groups excluding carboxylic acids is 1. The molecule has 2 rings (SSSR count). The molecule has 7 heteroatoms. The number of nitrogens with two attached hydrogens (primary N) is 1. The van der Waals surface area contributed by atoms with Crippen molar-refractivity contribution < 1.29 is 4.79 Å². The molecule has 5 nitrogen and oxygen atoms in total. The van der Waals surface area contributed by atoms with Crippen molar-refractivity contribution in [3.63, 3.8) is 0 Å². The Hall–Kier alpha value is -1.47. The highest BCUT2D eigenvalue weighted by atomic mass is 32.1. The van der Waals surface area contributed by atoms with Crippen LogP contribution in [0.4, 0.5) is 5.13 Å². The van der Waals surface area contributed by atoms with Gasteiger partial charge in [-0.2, -0.15) is 0 Å². The SMILES string of the molecule is CC[C@H](NC(=O)CCc1csc(N)n1)c1nc(C)c(C)s1. The Balaban J connectivity index is 1.90. The average Bonchev–Trinajstić information content (AvgIpc) is 3.00. The van der Waals surface area contributed by atoms with E-state index in [1.807, 2.05) is 12.3 Å². The predicted octanol–water partition coefficient (Wildman–Crippen LogP) is 3.00. The van der Waals surface area contributed by atoms with E-state index in [-0.39, 0.29) is 11.9 Å². The molecular weight excluding hydrogens is 304 g/mol. The normalized spacial score (nSPS) is 12.3. The zero-order chi connectivity index (χ0) is 15.4. The van der Waals surface area contributed by atoms with Gasteiger partial charge in [0.25, 0.3) is 0 Å². The van der Waals surface area contributed by atoms with E-state index in [4.69, 9.17) is 5.73 Å². The van der Waals surface area contributed by atoms with Gasteiger partial charge in [0, 0.05) is 16.7 Å². The highest BCUT2D eigenvalue weighted by molar-refractivity contribution is 7.13. The molecule has 0 radical (unpaired) electrons. The molecule has 0 bridgehead atoms. The smallest absolute Gasteiger partial charge is 0.220 e. The Kier molecular flexibility index (Phi) is 5.30. The number of aromatic nitrogens is 2. The summed E-state index contributed by atoms with van der Waals surface area (Å²) in [4.78, 5) is 22.0. The zero-order valence-corrected chi connectivity index (χ0v) is 14.1. The van der Waals surface area contributed by atoms with Gasteiger partial charge in [-0.05, 0) is 26.7 Å². The molecule has 0 unspecified atom stereocenters. The fourth-order valence-electron chi connectivity index (χ4n) is 1.93. The molecule has 114 valence electrons. The quantitative estimate of drug-likeness (QED) is 0.856. The summed E-state index contributed by atoms with van der Waals surface area (Å²) in [6.45, 7) is 6.10. The minimum atomic E-state index is -0.00426. The lowest BCUT2D eigenvalue weighted by Gasteiger charge is -2.14. The number of amides is 1. The monoisotopic (exact) mass is 324 g/mol. The Bertz CT molecular complexity index is 601. The van der Waals surface area contributed by atoms with Crippen LogP contribution in [0.1, 0.15) is 47.1 Å². The molecule has 0 spiro atoms. The van der Waals surface area contributed by atoms with Crippen molar-refractivity contribution >= 4 is 33.7 Å². The van der Waals surface area contributed by atoms with Crippen molar-refractivity contribution in [3.8, 4) is 0 Å². The summed E-state index contributed by atoms with van der Waals surface area (Å²) < 4.78 is 0. The lowest BCUT2D eigenvalue weighted by Crippen LogP contribution is -2.28. The lowest BCUT2D eigenvalue weighted by atomic mass is 10.2. The van der Waals surface area contributed by atoms with Crippen LogP contribution in [0.25, 0.3) is 0 Å². The number of nitrogen functional groups attached to an aromatic ring is 1. The third-order valence-corrected chi connectivity index (χ3v) is 5.17. The summed E-state index contributed by atoms with van der Waals surface area (Å²) in [7, 11) is 0. The second-order valence-corrected chi connectivity index (χ2v) is 7.02. The molecule has 0 aliphatic carbocycles. The fraction of sp³-hybridized carbons (Fsp3) is 0.500. The molecule has 2 aromatic rings. The van der Waals surface area contributed by atoms with E-state index in [1.54, 1.807) is 11.3 Å². The summed E-state index contributed by atoms with van der Waals surface area (Å²) in [5.41, 5.74) is 7.50. The Morgan fingerprint density at radius 2 is 2.19 bits per heavy atom. The topological polar surface area (TPSA) is 80.9 Å². The maximum absolute atomic E-state index is 12.1. The van der Waals surface area contributed by atoms with Crippen molar-refractivity contribution in [2.45, 2.75) is 46.1 Å². The molecule has 0 aromatic carbocycles. The zero-order valence-electron chi connectivity index (χ0n) is 12.5. The first-order valence-electron chi connectivity index (χ1n) is 6.92. The second-order valence-electron chi connectivity index (χ2n) is 4.90. The standard InChI is InChI=1S/C14H20N4OS2/c1-4-11(13-16-8(2)9(3)21-13)18-12(19)6-5-10-7-20-14(15)17-10/h7,11H,4-6H2,1-3H3,(H2,15,17)(H,18,19)/t11-/m0/s1. The molecule has 1 atom stereocenters. The van der Waals surface area contributed by atoms with E-state index in [2.05, 4.69) is 29.1 Å². The highest BCUT2D eigenvalue weighted by Crippen LogP contribution is 2.25. The first-order chi connectivity index (χ1) is 9.99. The van der Waals surface area contributed by atoms with Crippen LogP contribution >= 0.6 is 22.7 Å². The molecule has 2 heterocycles. The van der Waals surface area contributed by atoms with Crippen LogP contribution in [-0.4, -0.2) is 15.9 Å². The van der Waals surface area contributed by atoms with Gasteiger partial charge in [0.2, 0.25) is 5.91 Å². The van der Waals surface area contributed by atoms with Crippen molar-refractivity contribution in [1.82, 2.24) is 15.3 Å². The van der Waals surface area contributed by atoms with Crippen molar-refractivity contribution in [1.29, 1.82) is 0 Å². The van der Waals surface area contributed by atoms with Crippen LogP contribution in [0.3, 0.4) is 0 Å². The van der Waals surface area contributed by atoms with Crippen molar-refractivity contribution in [2.75, 3.05) is 5.73 Å². The molecule has 0 aliphatic heterocycles. The van der Waals surface area contributed by atoms with Crippen LogP contribution in [-0.2, 0) is 11.2 Å². The molecular formula is C14H20N4OS2. The van der Waals surface area contributed by atoms with E-state index in [0.29, 0.717) is 18.0 Å². The average molecular weight is 324 g/mol. The highest BCUT2D eigenvalue weighted by Gasteiger charge is 2.17. The summed E-state index contributed by atoms with van der Waals surface area (Å²) in [6.07, 6.45) is 1.87. The first-order valence-corrected chi connectivity index (χ1v) is 8.62. The fourth-order valence-corrected chi connectivity index (χ4v) is 3.59. The van der Waals surface area contributed by atoms with Crippen LogP contribution in [0.5, 0.6) is 0 Å². The van der Waals surface area contributed by atoms with Gasteiger partial charge in [-0.25, -0.2) is 9.97 Å². The summed E-state index contributed by atoms with van der Waals surface area (Å²) in [5.74, 6) is 0.0268. The number of hydrogen-bond donors (Lipinski definition) is 2. The maximum Gasteiger partial charge on any atom is 0.220 e. The molecule has 3 N–H and O–H groups in total. The van der Waals surface area contributed by atoms with Crippen LogP contribution in [0.2, 0.25) is 0 Å². The molecule has 0 aliphatic rings. The predicted molar refractivity (Wildman–Crippen MR) is 87.6 cm³/mol. The number of anilines is 1. The third-order valence-electron chi connectivity index (χ3n) is 3.26. The number of aryl methyl sites for hydroxylation is 3. The van der Waals surface area contributed by atoms with E-state index in [9.17, 15) is 4.79 Å². The minimum Gasteiger partial charge on any atom is -0.375 e. The van der Waals surface area contributed by atoms with Gasteiger partial charge >= 0.3 is 0 Å². The Labute approximate surface area is 132 Å². The van der Waals surface area contributed by atoms with Gasteiger partial charge in [0.05, 0.1) is 17.4 Å². The van der Waals surface area contributed by atoms with Gasteiger partial charge in [-0.1, -0.05) is 6.92 Å². The van der Waals surface area contributed by atoms with Gasteiger partial charge < -0.3 is 11.1 Å². The lowest BCUT2D eigenvalue weighted by molar-refractivity contribution is -0.121. The minimum absolute atomic E-state index is 0.00426. The second kappa shape index (κ2) is 7.00. The van der Waals surface area contributed by atoms with Crippen molar-refractivity contribution in [2.24, 2.45) is 0 Å². The number of thiazole rings is 2.